The van der Waals surface area contributed by atoms with Gasteiger partial charge in [0.15, 0.2) is 5.82 Å². The van der Waals surface area contributed by atoms with E-state index in [-0.39, 0.29) is 6.10 Å². The van der Waals surface area contributed by atoms with Crippen molar-refractivity contribution >= 4 is 0 Å². The van der Waals surface area contributed by atoms with Gasteiger partial charge in [0.2, 0.25) is 0 Å². The van der Waals surface area contributed by atoms with Gasteiger partial charge in [0.1, 0.15) is 0 Å². The van der Waals surface area contributed by atoms with Gasteiger partial charge in [-0.25, -0.2) is 0 Å². The Labute approximate surface area is 118 Å². The van der Waals surface area contributed by atoms with E-state index in [9.17, 15) is 5.11 Å². The molecule has 2 atom stereocenters. The summed E-state index contributed by atoms with van der Waals surface area (Å²) in [7, 11) is 0. The Balaban J connectivity index is 1.66. The Bertz CT molecular complexity index is 555. The molecule has 20 heavy (non-hydrogen) atoms. The van der Waals surface area contributed by atoms with Crippen LogP contribution in [0.2, 0.25) is 0 Å². The Morgan fingerprint density at radius 2 is 2.15 bits per heavy atom. The highest BCUT2D eigenvalue weighted by molar-refractivity contribution is 5.51. The molecular formula is C15H19N3O2. The Kier molecular flexibility index (Phi) is 3.80. The Morgan fingerprint density at radius 3 is 2.90 bits per heavy atom. The van der Waals surface area contributed by atoms with Crippen LogP contribution < -0.4 is 0 Å². The number of aliphatic hydroxyl groups excluding tert-OH is 1. The van der Waals surface area contributed by atoms with Gasteiger partial charge >= 0.3 is 0 Å². The number of benzene rings is 1. The minimum absolute atomic E-state index is 0.184. The maximum atomic E-state index is 9.74. The van der Waals surface area contributed by atoms with Crippen LogP contribution in [0.1, 0.15) is 19.2 Å². The number of rotatable bonds is 3. The topological polar surface area (TPSA) is 62.4 Å². The lowest BCUT2D eigenvalue weighted by molar-refractivity contribution is 0.0308. The van der Waals surface area contributed by atoms with E-state index in [0.717, 1.165) is 25.1 Å². The van der Waals surface area contributed by atoms with Gasteiger partial charge in [0, 0.05) is 18.7 Å². The van der Waals surface area contributed by atoms with Crippen molar-refractivity contribution in [3.05, 3.63) is 36.2 Å². The number of likely N-dealkylation sites (tertiary alicyclic amines) is 1. The average Bonchev–Trinajstić information content (AvgIpc) is 2.92. The van der Waals surface area contributed by atoms with E-state index >= 15 is 0 Å². The van der Waals surface area contributed by atoms with Crippen molar-refractivity contribution < 1.29 is 9.63 Å². The molecule has 1 fully saturated rings. The van der Waals surface area contributed by atoms with Crippen LogP contribution in [-0.2, 0) is 6.54 Å². The molecule has 2 aromatic rings. The number of aromatic nitrogens is 2. The highest BCUT2D eigenvalue weighted by Crippen LogP contribution is 2.20. The van der Waals surface area contributed by atoms with E-state index in [1.807, 2.05) is 30.3 Å². The number of hydrogen-bond donors (Lipinski definition) is 1. The fourth-order valence-electron chi connectivity index (χ4n) is 2.58. The fraction of sp³-hybridized carbons (Fsp3) is 0.467. The van der Waals surface area contributed by atoms with Crippen LogP contribution in [0.5, 0.6) is 0 Å². The van der Waals surface area contributed by atoms with E-state index in [2.05, 4.69) is 22.0 Å². The molecular weight excluding hydrogens is 254 g/mol. The van der Waals surface area contributed by atoms with Crippen molar-refractivity contribution in [1.82, 2.24) is 15.0 Å². The van der Waals surface area contributed by atoms with Gasteiger partial charge < -0.3 is 9.63 Å². The molecule has 1 aliphatic heterocycles. The van der Waals surface area contributed by atoms with Crippen molar-refractivity contribution in [3.8, 4) is 11.5 Å². The van der Waals surface area contributed by atoms with Crippen molar-refractivity contribution in [2.24, 2.45) is 5.92 Å². The first-order chi connectivity index (χ1) is 9.72. The first-order valence-electron chi connectivity index (χ1n) is 7.01. The summed E-state index contributed by atoms with van der Waals surface area (Å²) >= 11 is 0. The SMILES string of the molecule is CC1CN(Cc2noc(-c3ccccc3)n2)CCC1O. The zero-order valence-electron chi connectivity index (χ0n) is 11.6. The van der Waals surface area contributed by atoms with Gasteiger partial charge in [-0.15, -0.1) is 0 Å². The summed E-state index contributed by atoms with van der Waals surface area (Å²) in [6.07, 6.45) is 0.626. The van der Waals surface area contributed by atoms with Crippen LogP contribution in [0.15, 0.2) is 34.9 Å². The quantitative estimate of drug-likeness (QED) is 0.926. The summed E-state index contributed by atoms with van der Waals surface area (Å²) in [6.45, 7) is 4.49. The molecule has 1 aromatic heterocycles. The summed E-state index contributed by atoms with van der Waals surface area (Å²) in [6, 6.07) is 9.77. The smallest absolute Gasteiger partial charge is 0.257 e. The molecule has 5 heteroatoms. The molecule has 2 unspecified atom stereocenters. The lowest BCUT2D eigenvalue weighted by Gasteiger charge is -2.33. The normalized spacial score (nSPS) is 23.9. The second-order valence-corrected chi connectivity index (χ2v) is 5.45. The Hall–Kier alpha value is -1.72. The van der Waals surface area contributed by atoms with Gasteiger partial charge in [0.25, 0.3) is 5.89 Å². The van der Waals surface area contributed by atoms with E-state index < -0.39 is 0 Å². The molecule has 0 aliphatic carbocycles. The third-order valence-electron chi connectivity index (χ3n) is 3.80. The maximum Gasteiger partial charge on any atom is 0.257 e. The molecule has 0 saturated carbocycles. The number of aliphatic hydroxyl groups is 1. The van der Waals surface area contributed by atoms with Gasteiger partial charge in [-0.05, 0) is 24.5 Å². The molecule has 1 aliphatic rings. The maximum absolute atomic E-state index is 9.74. The second kappa shape index (κ2) is 5.73. The first-order valence-corrected chi connectivity index (χ1v) is 7.01. The standard InChI is InChI=1S/C15H19N3O2/c1-11-9-18(8-7-13(11)19)10-14-16-15(20-17-14)12-5-3-2-4-6-12/h2-6,11,13,19H,7-10H2,1H3. The number of piperidine rings is 1. The Morgan fingerprint density at radius 1 is 1.35 bits per heavy atom. The lowest BCUT2D eigenvalue weighted by atomic mass is 9.97. The van der Waals surface area contributed by atoms with Crippen molar-refractivity contribution in [1.29, 1.82) is 0 Å². The van der Waals surface area contributed by atoms with E-state index in [4.69, 9.17) is 4.52 Å². The molecule has 0 amide bonds. The minimum atomic E-state index is -0.184. The largest absolute Gasteiger partial charge is 0.393 e. The third kappa shape index (κ3) is 2.89. The summed E-state index contributed by atoms with van der Waals surface area (Å²) in [5, 5.41) is 13.8. The highest BCUT2D eigenvalue weighted by atomic mass is 16.5. The van der Waals surface area contributed by atoms with Crippen LogP contribution in [-0.4, -0.2) is 39.3 Å². The monoisotopic (exact) mass is 273 g/mol. The minimum Gasteiger partial charge on any atom is -0.393 e. The van der Waals surface area contributed by atoms with Crippen LogP contribution in [0, 0.1) is 5.92 Å². The van der Waals surface area contributed by atoms with Crippen LogP contribution in [0.25, 0.3) is 11.5 Å². The molecule has 1 saturated heterocycles. The predicted octanol–water partition coefficient (Wildman–Crippen LogP) is 1.94. The molecule has 0 bridgehead atoms. The molecule has 1 aromatic carbocycles. The van der Waals surface area contributed by atoms with Crippen molar-refractivity contribution in [3.63, 3.8) is 0 Å². The lowest BCUT2D eigenvalue weighted by Crippen LogP contribution is -2.41. The van der Waals surface area contributed by atoms with Crippen LogP contribution in [0.4, 0.5) is 0 Å². The van der Waals surface area contributed by atoms with E-state index in [1.165, 1.54) is 0 Å². The van der Waals surface area contributed by atoms with Gasteiger partial charge in [0.05, 0.1) is 12.6 Å². The van der Waals surface area contributed by atoms with Crippen molar-refractivity contribution in [2.75, 3.05) is 13.1 Å². The van der Waals surface area contributed by atoms with Gasteiger partial charge in [-0.2, -0.15) is 4.98 Å². The molecule has 3 rings (SSSR count). The van der Waals surface area contributed by atoms with Gasteiger partial charge in [-0.3, -0.25) is 4.90 Å². The zero-order chi connectivity index (χ0) is 13.9. The van der Waals surface area contributed by atoms with E-state index in [0.29, 0.717) is 24.2 Å². The predicted molar refractivity (Wildman–Crippen MR) is 74.8 cm³/mol. The summed E-state index contributed by atoms with van der Waals surface area (Å²) in [4.78, 5) is 6.70. The summed E-state index contributed by atoms with van der Waals surface area (Å²) in [5.41, 5.74) is 0.939. The van der Waals surface area contributed by atoms with Crippen LogP contribution >= 0.6 is 0 Å². The van der Waals surface area contributed by atoms with Gasteiger partial charge in [-0.1, -0.05) is 30.3 Å². The summed E-state index contributed by atoms with van der Waals surface area (Å²) in [5.74, 6) is 1.56. The first kappa shape index (κ1) is 13.3. The number of hydrogen-bond acceptors (Lipinski definition) is 5. The highest BCUT2D eigenvalue weighted by Gasteiger charge is 2.25. The fourth-order valence-corrected chi connectivity index (χ4v) is 2.58. The zero-order valence-corrected chi connectivity index (χ0v) is 11.6. The molecule has 5 nitrogen and oxygen atoms in total. The average molecular weight is 273 g/mol. The van der Waals surface area contributed by atoms with Crippen molar-refractivity contribution in [2.45, 2.75) is 26.0 Å². The number of nitrogens with zero attached hydrogens (tertiary/aromatic N) is 3. The molecule has 0 spiro atoms. The van der Waals surface area contributed by atoms with Crippen LogP contribution in [0.3, 0.4) is 0 Å². The second-order valence-electron chi connectivity index (χ2n) is 5.45. The molecule has 106 valence electrons. The summed E-state index contributed by atoms with van der Waals surface area (Å²) < 4.78 is 5.30. The molecule has 1 N–H and O–H groups in total. The molecule has 0 radical (unpaired) electrons. The van der Waals surface area contributed by atoms with E-state index in [1.54, 1.807) is 0 Å². The third-order valence-corrected chi connectivity index (χ3v) is 3.80. The molecule has 2 heterocycles.